The highest BCUT2D eigenvalue weighted by Crippen LogP contribution is 2.21. The van der Waals surface area contributed by atoms with Crippen molar-refractivity contribution in [3.05, 3.63) is 28.2 Å². The first-order valence-electron chi connectivity index (χ1n) is 5.95. The van der Waals surface area contributed by atoms with Crippen LogP contribution in [0, 0.1) is 11.3 Å². The maximum absolute atomic E-state index is 12.0. The topological polar surface area (TPSA) is 93.4 Å². The summed E-state index contributed by atoms with van der Waals surface area (Å²) in [4.78, 5) is 24.4. The van der Waals surface area contributed by atoms with E-state index in [1.54, 1.807) is 19.1 Å². The number of rotatable bonds is 5. The van der Waals surface area contributed by atoms with E-state index >= 15 is 0 Å². The number of benzene rings is 1. The minimum Gasteiger partial charge on any atom is -0.478 e. The van der Waals surface area contributed by atoms with Crippen LogP contribution in [0.15, 0.2) is 22.7 Å². The molecule has 0 heterocycles. The number of urea groups is 1. The van der Waals surface area contributed by atoms with Crippen molar-refractivity contribution in [1.82, 2.24) is 4.90 Å². The van der Waals surface area contributed by atoms with E-state index in [-0.39, 0.29) is 18.0 Å². The van der Waals surface area contributed by atoms with Crippen molar-refractivity contribution < 1.29 is 14.7 Å². The largest absolute Gasteiger partial charge is 0.478 e. The standard InChI is InChI=1S/C13H14BrN3O3/c1-2-17(7-3-6-15)13(20)16-9-4-5-11(14)10(8-9)12(18)19/h4-5,8H,2-3,7H2,1H3,(H,16,20)(H,18,19). The van der Waals surface area contributed by atoms with Crippen molar-refractivity contribution in [3.8, 4) is 6.07 Å². The zero-order chi connectivity index (χ0) is 15.1. The molecular formula is C13H14BrN3O3. The lowest BCUT2D eigenvalue weighted by Gasteiger charge is -2.20. The molecule has 0 bridgehead atoms. The summed E-state index contributed by atoms with van der Waals surface area (Å²) in [5, 5.41) is 20.2. The van der Waals surface area contributed by atoms with Crippen LogP contribution < -0.4 is 5.32 Å². The molecule has 1 rings (SSSR count). The van der Waals surface area contributed by atoms with Gasteiger partial charge in [-0.25, -0.2) is 9.59 Å². The Morgan fingerprint density at radius 3 is 2.75 bits per heavy atom. The van der Waals surface area contributed by atoms with Crippen LogP contribution in [0.5, 0.6) is 0 Å². The summed E-state index contributed by atoms with van der Waals surface area (Å²) in [7, 11) is 0. The van der Waals surface area contributed by atoms with Gasteiger partial charge < -0.3 is 15.3 Å². The van der Waals surface area contributed by atoms with Crippen LogP contribution in [-0.2, 0) is 0 Å². The van der Waals surface area contributed by atoms with Gasteiger partial charge in [-0.2, -0.15) is 5.26 Å². The monoisotopic (exact) mass is 339 g/mol. The molecule has 0 aliphatic rings. The van der Waals surface area contributed by atoms with E-state index in [2.05, 4.69) is 21.2 Å². The highest BCUT2D eigenvalue weighted by atomic mass is 79.9. The van der Waals surface area contributed by atoms with Crippen LogP contribution in [0.3, 0.4) is 0 Å². The van der Waals surface area contributed by atoms with E-state index in [9.17, 15) is 9.59 Å². The van der Waals surface area contributed by atoms with E-state index in [1.165, 1.54) is 11.0 Å². The molecule has 2 amide bonds. The van der Waals surface area contributed by atoms with Crippen LogP contribution in [0.2, 0.25) is 0 Å². The van der Waals surface area contributed by atoms with Gasteiger partial charge in [0.1, 0.15) is 0 Å². The third-order valence-corrected chi connectivity index (χ3v) is 3.30. The summed E-state index contributed by atoms with van der Waals surface area (Å²) in [5.74, 6) is -1.08. The number of carboxylic acids is 1. The van der Waals surface area contributed by atoms with Crippen LogP contribution in [0.4, 0.5) is 10.5 Å². The molecule has 7 heteroatoms. The van der Waals surface area contributed by atoms with Gasteiger partial charge in [-0.3, -0.25) is 0 Å². The third-order valence-electron chi connectivity index (χ3n) is 2.61. The Balaban J connectivity index is 2.82. The average molecular weight is 340 g/mol. The molecule has 0 unspecified atom stereocenters. The molecule has 1 aromatic carbocycles. The molecule has 106 valence electrons. The number of carbonyl (C=O) groups is 2. The number of nitrogens with zero attached hydrogens (tertiary/aromatic N) is 2. The van der Waals surface area contributed by atoms with Crippen molar-refractivity contribution >= 4 is 33.6 Å². The second-order valence-corrected chi connectivity index (χ2v) is 4.77. The van der Waals surface area contributed by atoms with E-state index in [1.807, 2.05) is 6.07 Å². The van der Waals surface area contributed by atoms with Gasteiger partial charge >= 0.3 is 12.0 Å². The van der Waals surface area contributed by atoms with Crippen molar-refractivity contribution in [3.63, 3.8) is 0 Å². The first kappa shape index (κ1) is 16.0. The Bertz CT molecular complexity index is 554. The molecule has 0 saturated carbocycles. The second-order valence-electron chi connectivity index (χ2n) is 3.92. The molecule has 0 saturated heterocycles. The number of carboxylic acid groups (broad SMARTS) is 1. The van der Waals surface area contributed by atoms with Gasteiger partial charge in [0.25, 0.3) is 0 Å². The van der Waals surface area contributed by atoms with E-state index < -0.39 is 5.97 Å². The average Bonchev–Trinajstić information content (AvgIpc) is 2.41. The van der Waals surface area contributed by atoms with Gasteiger partial charge in [-0.05, 0) is 41.1 Å². The van der Waals surface area contributed by atoms with E-state index in [4.69, 9.17) is 10.4 Å². The van der Waals surface area contributed by atoms with Crippen LogP contribution in [0.25, 0.3) is 0 Å². The number of anilines is 1. The van der Waals surface area contributed by atoms with Gasteiger partial charge in [0, 0.05) is 23.2 Å². The number of nitriles is 1. The Kier molecular flexibility index (Phi) is 6.00. The molecule has 0 fully saturated rings. The maximum atomic E-state index is 12.0. The predicted molar refractivity (Wildman–Crippen MR) is 77.6 cm³/mol. The Labute approximate surface area is 125 Å². The van der Waals surface area contributed by atoms with Crippen molar-refractivity contribution in [2.24, 2.45) is 0 Å². The molecule has 6 nitrogen and oxygen atoms in total. The molecule has 20 heavy (non-hydrogen) atoms. The fraction of sp³-hybridized carbons (Fsp3) is 0.308. The number of amides is 2. The predicted octanol–water partition coefficient (Wildman–Crippen LogP) is 2.91. The first-order valence-corrected chi connectivity index (χ1v) is 6.74. The fourth-order valence-electron chi connectivity index (χ4n) is 1.56. The highest BCUT2D eigenvalue weighted by molar-refractivity contribution is 9.10. The Morgan fingerprint density at radius 1 is 1.50 bits per heavy atom. The zero-order valence-electron chi connectivity index (χ0n) is 10.9. The van der Waals surface area contributed by atoms with Crippen LogP contribution in [-0.4, -0.2) is 35.1 Å². The SMILES string of the molecule is CCN(CCC#N)C(=O)Nc1ccc(Br)c(C(=O)O)c1. The number of aromatic carboxylic acids is 1. The quantitative estimate of drug-likeness (QED) is 0.862. The Hall–Kier alpha value is -2.07. The highest BCUT2D eigenvalue weighted by Gasteiger charge is 2.14. The van der Waals surface area contributed by atoms with Gasteiger partial charge in [0.2, 0.25) is 0 Å². The van der Waals surface area contributed by atoms with E-state index in [0.717, 1.165) is 0 Å². The first-order chi connectivity index (χ1) is 9.49. The summed E-state index contributed by atoms with van der Waals surface area (Å²) in [6, 6.07) is 6.16. The molecule has 1 aromatic rings. The number of carbonyl (C=O) groups excluding carboxylic acids is 1. The fourth-order valence-corrected chi connectivity index (χ4v) is 1.97. The minimum absolute atomic E-state index is 0.0721. The second kappa shape index (κ2) is 7.50. The number of hydrogen-bond acceptors (Lipinski definition) is 3. The summed E-state index contributed by atoms with van der Waals surface area (Å²) in [6.07, 6.45) is 0.252. The molecule has 0 aromatic heterocycles. The van der Waals surface area contributed by atoms with Gasteiger partial charge in [-0.1, -0.05) is 0 Å². The smallest absolute Gasteiger partial charge is 0.336 e. The van der Waals surface area contributed by atoms with Crippen LogP contribution >= 0.6 is 15.9 Å². The lowest BCUT2D eigenvalue weighted by molar-refractivity contribution is 0.0696. The van der Waals surface area contributed by atoms with Crippen molar-refractivity contribution in [1.29, 1.82) is 5.26 Å². The lowest BCUT2D eigenvalue weighted by atomic mass is 10.2. The van der Waals surface area contributed by atoms with Gasteiger partial charge in [0.05, 0.1) is 18.1 Å². The van der Waals surface area contributed by atoms with E-state index in [0.29, 0.717) is 23.2 Å². The van der Waals surface area contributed by atoms with Crippen LogP contribution in [0.1, 0.15) is 23.7 Å². The molecule has 0 aliphatic carbocycles. The van der Waals surface area contributed by atoms with Crippen molar-refractivity contribution in [2.45, 2.75) is 13.3 Å². The summed E-state index contributed by atoms with van der Waals surface area (Å²) in [6.45, 7) is 2.61. The van der Waals surface area contributed by atoms with Crippen molar-refractivity contribution in [2.75, 3.05) is 18.4 Å². The maximum Gasteiger partial charge on any atom is 0.336 e. The molecular weight excluding hydrogens is 326 g/mol. The Morgan fingerprint density at radius 2 is 2.20 bits per heavy atom. The summed E-state index contributed by atoms with van der Waals surface area (Å²) in [5.41, 5.74) is 0.467. The normalized spacial score (nSPS) is 9.65. The number of hydrogen-bond donors (Lipinski definition) is 2. The summed E-state index contributed by atoms with van der Waals surface area (Å²) < 4.78 is 0.444. The van der Waals surface area contributed by atoms with Gasteiger partial charge in [0.15, 0.2) is 0 Å². The minimum atomic E-state index is -1.08. The lowest BCUT2D eigenvalue weighted by Crippen LogP contribution is -2.35. The third kappa shape index (κ3) is 4.24. The molecule has 0 aliphatic heterocycles. The molecule has 2 N–H and O–H groups in total. The molecule has 0 atom stereocenters. The zero-order valence-corrected chi connectivity index (χ0v) is 12.5. The molecule has 0 radical (unpaired) electrons. The summed E-state index contributed by atoms with van der Waals surface area (Å²) >= 11 is 3.13. The molecule has 0 spiro atoms. The number of nitrogens with one attached hydrogen (secondary N) is 1. The van der Waals surface area contributed by atoms with Gasteiger partial charge in [-0.15, -0.1) is 0 Å². The number of halogens is 1.